The van der Waals surface area contributed by atoms with Crippen LogP contribution in [0.5, 0.6) is 0 Å². The van der Waals surface area contributed by atoms with E-state index in [4.69, 9.17) is 4.98 Å². The van der Waals surface area contributed by atoms with E-state index < -0.39 is 0 Å². The molecule has 6 nitrogen and oxygen atoms in total. The van der Waals surface area contributed by atoms with Gasteiger partial charge in [-0.15, -0.1) is 0 Å². The second-order valence-electron chi connectivity index (χ2n) is 6.91. The van der Waals surface area contributed by atoms with Crippen molar-refractivity contribution < 1.29 is 4.79 Å². The predicted octanol–water partition coefficient (Wildman–Crippen LogP) is 3.40. The molecule has 1 aromatic carbocycles. The molecule has 3 heterocycles. The monoisotopic (exact) mass is 361 g/mol. The van der Waals surface area contributed by atoms with Crippen LogP contribution in [0.4, 0.5) is 0 Å². The number of benzene rings is 1. The summed E-state index contributed by atoms with van der Waals surface area (Å²) < 4.78 is 1.74. The first-order chi connectivity index (χ1) is 13.2. The summed E-state index contributed by atoms with van der Waals surface area (Å²) in [6.45, 7) is 5.58. The van der Waals surface area contributed by atoms with Crippen LogP contribution in [0.3, 0.4) is 0 Å². The van der Waals surface area contributed by atoms with Crippen LogP contribution in [0.2, 0.25) is 0 Å². The molecule has 1 aliphatic rings. The summed E-state index contributed by atoms with van der Waals surface area (Å²) in [6.07, 6.45) is 5.24. The van der Waals surface area contributed by atoms with Crippen molar-refractivity contribution in [3.63, 3.8) is 0 Å². The molecule has 27 heavy (non-hydrogen) atoms. The smallest absolute Gasteiger partial charge is 0.269 e. The maximum Gasteiger partial charge on any atom is 0.269 e. The Hall–Kier alpha value is -3.02. The third-order valence-electron chi connectivity index (χ3n) is 4.89. The second-order valence-corrected chi connectivity index (χ2v) is 6.91. The normalized spacial score (nSPS) is 13.3. The van der Waals surface area contributed by atoms with Gasteiger partial charge >= 0.3 is 0 Å². The van der Waals surface area contributed by atoms with E-state index in [2.05, 4.69) is 47.4 Å². The number of carbonyl (C=O) groups is 1. The van der Waals surface area contributed by atoms with Gasteiger partial charge < -0.3 is 5.32 Å². The molecule has 0 fully saturated rings. The van der Waals surface area contributed by atoms with Crippen LogP contribution in [0.25, 0.3) is 22.8 Å². The highest BCUT2D eigenvalue weighted by molar-refractivity contribution is 5.94. The quantitative estimate of drug-likeness (QED) is 0.756. The Labute approximate surface area is 158 Å². The molecule has 6 heteroatoms. The Morgan fingerprint density at radius 1 is 1.19 bits per heavy atom. The maximum absolute atomic E-state index is 12.0. The Balaban J connectivity index is 1.66. The van der Waals surface area contributed by atoms with Crippen molar-refractivity contribution in [1.29, 1.82) is 0 Å². The number of nitrogens with one attached hydrogen (secondary N) is 1. The van der Waals surface area contributed by atoms with E-state index in [1.807, 2.05) is 6.07 Å². The van der Waals surface area contributed by atoms with Crippen LogP contribution >= 0.6 is 0 Å². The van der Waals surface area contributed by atoms with Gasteiger partial charge in [0.05, 0.1) is 12.2 Å². The van der Waals surface area contributed by atoms with Crippen LogP contribution in [-0.2, 0) is 13.0 Å². The van der Waals surface area contributed by atoms with Crippen molar-refractivity contribution >= 4 is 5.91 Å². The topological polar surface area (TPSA) is 72.7 Å². The minimum atomic E-state index is -0.0900. The van der Waals surface area contributed by atoms with Gasteiger partial charge in [-0.25, -0.2) is 9.97 Å². The SMILES string of the molecule is CCCCc1ccc(-c2nccc(-c3cc4n(n3)CCNC4=O)n2)c(C)c1. The van der Waals surface area contributed by atoms with Gasteiger partial charge in [0.15, 0.2) is 5.82 Å². The lowest BCUT2D eigenvalue weighted by Crippen LogP contribution is -2.35. The number of aromatic nitrogens is 4. The Kier molecular flexibility index (Phi) is 4.71. The van der Waals surface area contributed by atoms with Crippen LogP contribution in [0.1, 0.15) is 41.4 Å². The standard InChI is InChI=1S/C21H23N5O/c1-3-4-5-15-6-7-16(14(2)12-15)20-22-9-8-17(24-20)18-13-19-21(27)23-10-11-26(19)25-18/h6-9,12-13H,3-5,10-11H2,1-2H3,(H,23,27). The van der Waals surface area contributed by atoms with Crippen LogP contribution in [0, 0.1) is 6.92 Å². The molecule has 1 N–H and O–H groups in total. The van der Waals surface area contributed by atoms with Crippen molar-refractivity contribution in [2.24, 2.45) is 0 Å². The predicted molar refractivity (Wildman–Crippen MR) is 104 cm³/mol. The number of rotatable bonds is 5. The van der Waals surface area contributed by atoms with Crippen molar-refractivity contribution in [3.05, 3.63) is 53.3 Å². The van der Waals surface area contributed by atoms with Crippen LogP contribution < -0.4 is 5.32 Å². The molecule has 0 aliphatic carbocycles. The first kappa shape index (κ1) is 17.4. The summed E-state index contributed by atoms with van der Waals surface area (Å²) in [5.74, 6) is 0.593. The van der Waals surface area contributed by atoms with Gasteiger partial charge in [-0.1, -0.05) is 31.5 Å². The molecule has 0 atom stereocenters. The fourth-order valence-corrected chi connectivity index (χ4v) is 3.41. The lowest BCUT2D eigenvalue weighted by molar-refractivity contribution is 0.0924. The van der Waals surface area contributed by atoms with E-state index in [1.165, 1.54) is 24.0 Å². The summed E-state index contributed by atoms with van der Waals surface area (Å²) >= 11 is 0. The molecule has 1 amide bonds. The van der Waals surface area contributed by atoms with Gasteiger partial charge in [0.2, 0.25) is 0 Å². The highest BCUT2D eigenvalue weighted by Crippen LogP contribution is 2.25. The summed E-state index contributed by atoms with van der Waals surface area (Å²) in [5.41, 5.74) is 5.55. The summed E-state index contributed by atoms with van der Waals surface area (Å²) in [5, 5.41) is 7.38. The highest BCUT2D eigenvalue weighted by atomic mass is 16.2. The zero-order valence-electron chi connectivity index (χ0n) is 15.7. The largest absolute Gasteiger partial charge is 0.349 e. The fraction of sp³-hybridized carbons (Fsp3) is 0.333. The third-order valence-corrected chi connectivity index (χ3v) is 4.89. The van der Waals surface area contributed by atoms with E-state index in [1.54, 1.807) is 16.9 Å². The molecule has 0 saturated carbocycles. The van der Waals surface area contributed by atoms with Gasteiger partial charge in [0.25, 0.3) is 5.91 Å². The highest BCUT2D eigenvalue weighted by Gasteiger charge is 2.20. The Morgan fingerprint density at radius 3 is 2.85 bits per heavy atom. The molecule has 0 bridgehead atoms. The number of amides is 1. The molecule has 1 aliphatic heterocycles. The van der Waals surface area contributed by atoms with E-state index in [0.717, 1.165) is 17.7 Å². The summed E-state index contributed by atoms with van der Waals surface area (Å²) in [4.78, 5) is 21.1. The number of aryl methyl sites for hydroxylation is 2. The summed E-state index contributed by atoms with van der Waals surface area (Å²) in [7, 11) is 0. The van der Waals surface area contributed by atoms with E-state index >= 15 is 0 Å². The first-order valence-corrected chi connectivity index (χ1v) is 9.45. The molecule has 4 rings (SSSR count). The number of nitrogens with zero attached hydrogens (tertiary/aromatic N) is 4. The van der Waals surface area contributed by atoms with Gasteiger partial charge in [-0.05, 0) is 43.0 Å². The average Bonchev–Trinajstić information content (AvgIpc) is 3.12. The van der Waals surface area contributed by atoms with E-state index in [9.17, 15) is 4.79 Å². The number of hydrogen-bond acceptors (Lipinski definition) is 4. The number of hydrogen-bond donors (Lipinski definition) is 1. The molecule has 0 spiro atoms. The van der Waals surface area contributed by atoms with Gasteiger partial charge in [-0.2, -0.15) is 5.10 Å². The minimum absolute atomic E-state index is 0.0900. The number of carbonyl (C=O) groups excluding carboxylic acids is 1. The minimum Gasteiger partial charge on any atom is -0.349 e. The maximum atomic E-state index is 12.0. The van der Waals surface area contributed by atoms with Crippen molar-refractivity contribution in [2.45, 2.75) is 39.7 Å². The van der Waals surface area contributed by atoms with Crippen LogP contribution in [0.15, 0.2) is 36.5 Å². The van der Waals surface area contributed by atoms with Crippen LogP contribution in [-0.4, -0.2) is 32.2 Å². The van der Waals surface area contributed by atoms with E-state index in [0.29, 0.717) is 30.3 Å². The molecular formula is C21H23N5O. The summed E-state index contributed by atoms with van der Waals surface area (Å²) in [6, 6.07) is 10.1. The number of fused-ring (bicyclic) bond motifs is 1. The lowest BCUT2D eigenvalue weighted by Gasteiger charge is -2.13. The van der Waals surface area contributed by atoms with E-state index in [-0.39, 0.29) is 5.91 Å². The van der Waals surface area contributed by atoms with Crippen molar-refractivity contribution in [2.75, 3.05) is 6.54 Å². The van der Waals surface area contributed by atoms with Gasteiger partial charge in [0, 0.05) is 18.3 Å². The van der Waals surface area contributed by atoms with Crippen molar-refractivity contribution in [1.82, 2.24) is 25.1 Å². The second kappa shape index (κ2) is 7.31. The van der Waals surface area contributed by atoms with Crippen molar-refractivity contribution in [3.8, 4) is 22.8 Å². The fourth-order valence-electron chi connectivity index (χ4n) is 3.41. The molecule has 0 radical (unpaired) electrons. The lowest BCUT2D eigenvalue weighted by atomic mass is 10.0. The molecule has 3 aromatic rings. The van der Waals surface area contributed by atoms with Gasteiger partial charge in [0.1, 0.15) is 11.4 Å². The third kappa shape index (κ3) is 3.47. The first-order valence-electron chi connectivity index (χ1n) is 9.45. The zero-order chi connectivity index (χ0) is 18.8. The molecule has 2 aromatic heterocycles. The molecule has 138 valence electrons. The van der Waals surface area contributed by atoms with Gasteiger partial charge in [-0.3, -0.25) is 9.48 Å². The Bertz CT molecular complexity index is 992. The molecular weight excluding hydrogens is 338 g/mol. The zero-order valence-corrected chi connectivity index (χ0v) is 15.7. The molecule has 0 saturated heterocycles. The average molecular weight is 361 g/mol. The molecule has 0 unspecified atom stereocenters. The number of unbranched alkanes of at least 4 members (excludes halogenated alkanes) is 1. The Morgan fingerprint density at radius 2 is 2.07 bits per heavy atom.